The molecule has 1 rings (SSSR count). The smallest absolute Gasteiger partial charge is 0.220 e. The van der Waals surface area contributed by atoms with Crippen LogP contribution in [0, 0.1) is 5.92 Å². The highest BCUT2D eigenvalue weighted by Crippen LogP contribution is 2.23. The van der Waals surface area contributed by atoms with Crippen molar-refractivity contribution in [3.8, 4) is 0 Å². The van der Waals surface area contributed by atoms with E-state index in [0.29, 0.717) is 6.42 Å². The Hall–Kier alpha value is -0.570. The minimum Gasteiger partial charge on any atom is -0.396 e. The molecule has 0 saturated heterocycles. The van der Waals surface area contributed by atoms with Gasteiger partial charge in [-0.15, -0.1) is 0 Å². The van der Waals surface area contributed by atoms with E-state index in [-0.39, 0.29) is 24.5 Å². The number of nitrogens with one attached hydrogen (secondary N) is 1. The zero-order chi connectivity index (χ0) is 10.4. The van der Waals surface area contributed by atoms with Crippen molar-refractivity contribution in [1.82, 2.24) is 5.32 Å². The maximum atomic E-state index is 11.4. The van der Waals surface area contributed by atoms with Gasteiger partial charge in [-0.25, -0.2) is 0 Å². The zero-order valence-corrected chi connectivity index (χ0v) is 8.96. The molecule has 0 aromatic heterocycles. The third-order valence-electron chi connectivity index (χ3n) is 2.97. The van der Waals surface area contributed by atoms with Gasteiger partial charge >= 0.3 is 0 Å². The average molecular weight is 199 g/mol. The van der Waals surface area contributed by atoms with Gasteiger partial charge in [0.25, 0.3) is 0 Å². The van der Waals surface area contributed by atoms with E-state index < -0.39 is 0 Å². The Morgan fingerprint density at radius 2 is 2.14 bits per heavy atom. The van der Waals surface area contributed by atoms with Gasteiger partial charge in [0.1, 0.15) is 0 Å². The average Bonchev–Trinajstić information content (AvgIpc) is 2.19. The molecule has 1 saturated carbocycles. The van der Waals surface area contributed by atoms with Crippen molar-refractivity contribution >= 4 is 5.91 Å². The van der Waals surface area contributed by atoms with E-state index in [1.165, 1.54) is 12.8 Å². The molecule has 0 heterocycles. The first-order valence-corrected chi connectivity index (χ1v) is 5.68. The Labute approximate surface area is 85.9 Å². The summed E-state index contributed by atoms with van der Waals surface area (Å²) in [4.78, 5) is 11.4. The summed E-state index contributed by atoms with van der Waals surface area (Å²) in [6.07, 6.45) is 5.93. The summed E-state index contributed by atoms with van der Waals surface area (Å²) in [5, 5.41) is 12.2. The largest absolute Gasteiger partial charge is 0.396 e. The van der Waals surface area contributed by atoms with Crippen LogP contribution in [-0.4, -0.2) is 23.7 Å². The lowest BCUT2D eigenvalue weighted by Gasteiger charge is -2.30. The van der Waals surface area contributed by atoms with Crippen molar-refractivity contribution in [2.75, 3.05) is 6.61 Å². The lowest BCUT2D eigenvalue weighted by Crippen LogP contribution is -2.43. The Morgan fingerprint density at radius 3 is 2.79 bits per heavy atom. The summed E-state index contributed by atoms with van der Waals surface area (Å²) in [6.45, 7) is 2.21. The Balaban J connectivity index is 2.36. The Kier molecular flexibility index (Phi) is 4.94. The van der Waals surface area contributed by atoms with Gasteiger partial charge < -0.3 is 10.4 Å². The monoisotopic (exact) mass is 199 g/mol. The minimum absolute atomic E-state index is 0.137. The van der Waals surface area contributed by atoms with E-state index in [9.17, 15) is 4.79 Å². The third-order valence-corrected chi connectivity index (χ3v) is 2.97. The molecule has 1 amide bonds. The molecule has 0 spiro atoms. The van der Waals surface area contributed by atoms with Crippen LogP contribution in [-0.2, 0) is 4.79 Å². The highest BCUT2D eigenvalue weighted by molar-refractivity contribution is 5.76. The highest BCUT2D eigenvalue weighted by atomic mass is 16.3. The molecule has 14 heavy (non-hydrogen) atoms. The molecule has 1 aliphatic carbocycles. The van der Waals surface area contributed by atoms with Gasteiger partial charge in [0.2, 0.25) is 5.91 Å². The molecule has 0 radical (unpaired) electrons. The van der Waals surface area contributed by atoms with Crippen molar-refractivity contribution in [3.63, 3.8) is 0 Å². The number of aliphatic hydroxyl groups is 1. The Morgan fingerprint density at radius 1 is 1.43 bits per heavy atom. The minimum atomic E-state index is 0.137. The predicted molar refractivity (Wildman–Crippen MR) is 55.9 cm³/mol. The molecule has 2 unspecified atom stereocenters. The van der Waals surface area contributed by atoms with Crippen molar-refractivity contribution in [1.29, 1.82) is 0 Å². The lowest BCUT2D eigenvalue weighted by molar-refractivity contribution is -0.122. The van der Waals surface area contributed by atoms with E-state index in [1.807, 2.05) is 6.92 Å². The van der Waals surface area contributed by atoms with Crippen LogP contribution in [0.25, 0.3) is 0 Å². The fourth-order valence-electron chi connectivity index (χ4n) is 2.12. The highest BCUT2D eigenvalue weighted by Gasteiger charge is 2.25. The molecule has 82 valence electrons. The summed E-state index contributed by atoms with van der Waals surface area (Å²) in [5.74, 6) is 0.419. The summed E-state index contributed by atoms with van der Waals surface area (Å²) in [6, 6.07) is 0.216. The van der Waals surface area contributed by atoms with E-state index in [1.54, 1.807) is 0 Å². The molecule has 1 aliphatic rings. The van der Waals surface area contributed by atoms with Crippen LogP contribution in [0.2, 0.25) is 0 Å². The molecule has 1 fully saturated rings. The number of aliphatic hydroxyl groups excluding tert-OH is 1. The van der Waals surface area contributed by atoms with Crippen LogP contribution >= 0.6 is 0 Å². The van der Waals surface area contributed by atoms with Gasteiger partial charge in [-0.1, -0.05) is 19.8 Å². The second kappa shape index (κ2) is 6.02. The maximum Gasteiger partial charge on any atom is 0.220 e. The first kappa shape index (κ1) is 11.5. The summed E-state index contributed by atoms with van der Waals surface area (Å²) >= 11 is 0. The van der Waals surface area contributed by atoms with E-state index in [0.717, 1.165) is 19.3 Å². The van der Waals surface area contributed by atoms with E-state index >= 15 is 0 Å². The second-order valence-corrected chi connectivity index (χ2v) is 4.15. The Bertz CT molecular complexity index is 182. The molecule has 0 bridgehead atoms. The van der Waals surface area contributed by atoms with Crippen LogP contribution < -0.4 is 5.32 Å². The van der Waals surface area contributed by atoms with Crippen molar-refractivity contribution in [3.05, 3.63) is 0 Å². The van der Waals surface area contributed by atoms with Crippen LogP contribution in [0.15, 0.2) is 0 Å². The van der Waals surface area contributed by atoms with Gasteiger partial charge in [0.15, 0.2) is 0 Å². The van der Waals surface area contributed by atoms with Crippen molar-refractivity contribution in [2.24, 2.45) is 5.92 Å². The molecule has 0 aromatic rings. The number of amides is 1. The van der Waals surface area contributed by atoms with Gasteiger partial charge in [-0.2, -0.15) is 0 Å². The predicted octanol–water partition coefficient (Wildman–Crippen LogP) is 1.45. The standard InChI is InChI=1S/C11H21NO2/c1-2-5-11(14)12-10-7-4-3-6-9(10)8-13/h9-10,13H,2-8H2,1H3,(H,12,14). The molecule has 3 heteroatoms. The summed E-state index contributed by atoms with van der Waals surface area (Å²) in [7, 11) is 0. The zero-order valence-electron chi connectivity index (χ0n) is 8.96. The normalized spacial score (nSPS) is 27.3. The maximum absolute atomic E-state index is 11.4. The summed E-state index contributed by atoms with van der Waals surface area (Å²) < 4.78 is 0. The second-order valence-electron chi connectivity index (χ2n) is 4.15. The number of rotatable bonds is 4. The third kappa shape index (κ3) is 3.29. The van der Waals surface area contributed by atoms with Crippen LogP contribution in [0.3, 0.4) is 0 Å². The first-order valence-electron chi connectivity index (χ1n) is 5.68. The first-order chi connectivity index (χ1) is 6.77. The van der Waals surface area contributed by atoms with Crippen LogP contribution in [0.4, 0.5) is 0 Å². The summed E-state index contributed by atoms with van der Waals surface area (Å²) in [5.41, 5.74) is 0. The van der Waals surface area contributed by atoms with Crippen molar-refractivity contribution < 1.29 is 9.90 Å². The molecule has 3 nitrogen and oxygen atoms in total. The SMILES string of the molecule is CCCC(=O)NC1CCCCC1CO. The topological polar surface area (TPSA) is 49.3 Å². The molecular formula is C11H21NO2. The van der Waals surface area contributed by atoms with Gasteiger partial charge in [0.05, 0.1) is 0 Å². The van der Waals surface area contributed by atoms with Crippen LogP contribution in [0.1, 0.15) is 45.4 Å². The van der Waals surface area contributed by atoms with Gasteiger partial charge in [-0.05, 0) is 19.3 Å². The number of carbonyl (C=O) groups excluding carboxylic acids is 1. The number of hydrogen-bond donors (Lipinski definition) is 2. The lowest BCUT2D eigenvalue weighted by atomic mass is 9.85. The quantitative estimate of drug-likeness (QED) is 0.720. The van der Waals surface area contributed by atoms with E-state index in [2.05, 4.69) is 5.32 Å². The fourth-order valence-corrected chi connectivity index (χ4v) is 2.12. The number of hydrogen-bond acceptors (Lipinski definition) is 2. The van der Waals surface area contributed by atoms with Gasteiger partial charge in [-0.3, -0.25) is 4.79 Å². The van der Waals surface area contributed by atoms with Crippen molar-refractivity contribution in [2.45, 2.75) is 51.5 Å². The molecule has 2 atom stereocenters. The number of carbonyl (C=O) groups is 1. The fraction of sp³-hybridized carbons (Fsp3) is 0.909. The van der Waals surface area contributed by atoms with Crippen LogP contribution in [0.5, 0.6) is 0 Å². The molecular weight excluding hydrogens is 178 g/mol. The molecule has 0 aromatic carbocycles. The molecule has 0 aliphatic heterocycles. The molecule has 2 N–H and O–H groups in total. The van der Waals surface area contributed by atoms with Gasteiger partial charge in [0, 0.05) is 25.0 Å². The van der Waals surface area contributed by atoms with E-state index in [4.69, 9.17) is 5.11 Å².